The van der Waals surface area contributed by atoms with Crippen LogP contribution in [0.15, 0.2) is 53.7 Å². The number of aromatic nitrogens is 2. The molecule has 0 bridgehead atoms. The minimum absolute atomic E-state index is 0.143. The molecule has 0 aliphatic carbocycles. The fraction of sp³-hybridized carbons (Fsp3) is 0.353. The van der Waals surface area contributed by atoms with Crippen LogP contribution < -0.4 is 0 Å². The molecule has 0 radical (unpaired) electrons. The van der Waals surface area contributed by atoms with Gasteiger partial charge in [-0.05, 0) is 31.4 Å². The van der Waals surface area contributed by atoms with Crippen LogP contribution >= 0.6 is 0 Å². The molecule has 0 N–H and O–H groups in total. The van der Waals surface area contributed by atoms with E-state index in [0.29, 0.717) is 13.1 Å². The predicted octanol–water partition coefficient (Wildman–Crippen LogP) is 2.94. The van der Waals surface area contributed by atoms with Crippen molar-refractivity contribution in [2.45, 2.75) is 31.2 Å². The number of hydrogen-bond donors (Lipinski definition) is 0. The van der Waals surface area contributed by atoms with E-state index in [1.165, 1.54) is 16.1 Å². The Kier molecular flexibility index (Phi) is 4.37. The van der Waals surface area contributed by atoms with Crippen molar-refractivity contribution in [2.24, 2.45) is 0 Å². The number of rotatable bonds is 4. The Bertz CT molecular complexity index is 807. The summed E-state index contributed by atoms with van der Waals surface area (Å²) in [6.45, 7) is 4.84. The summed E-state index contributed by atoms with van der Waals surface area (Å²) in [5.41, 5.74) is 2.37. The topological polar surface area (TPSA) is 55.2 Å². The first-order valence-electron chi connectivity index (χ1n) is 7.77. The molecule has 3 rings (SSSR count). The van der Waals surface area contributed by atoms with Crippen molar-refractivity contribution in [1.82, 2.24) is 14.1 Å². The van der Waals surface area contributed by atoms with Crippen molar-refractivity contribution in [3.8, 4) is 0 Å². The molecule has 5 nitrogen and oxygen atoms in total. The van der Waals surface area contributed by atoms with Gasteiger partial charge in [0, 0.05) is 25.3 Å². The van der Waals surface area contributed by atoms with Crippen LogP contribution in [0.25, 0.3) is 5.57 Å². The molecule has 2 aromatic rings. The van der Waals surface area contributed by atoms with Crippen LogP contribution in [0.2, 0.25) is 0 Å². The summed E-state index contributed by atoms with van der Waals surface area (Å²) in [7, 11) is -3.47. The first-order chi connectivity index (χ1) is 11.0. The first-order valence-corrected chi connectivity index (χ1v) is 9.21. The molecule has 0 unspecified atom stereocenters. The summed E-state index contributed by atoms with van der Waals surface area (Å²) in [5.74, 6) is 0. The van der Waals surface area contributed by atoms with Gasteiger partial charge in [0.1, 0.15) is 4.90 Å². The zero-order valence-electron chi connectivity index (χ0n) is 13.4. The van der Waals surface area contributed by atoms with Gasteiger partial charge in [0.05, 0.1) is 6.20 Å². The summed E-state index contributed by atoms with van der Waals surface area (Å²) in [4.78, 5) is 0.266. The zero-order chi connectivity index (χ0) is 16.4. The van der Waals surface area contributed by atoms with Crippen molar-refractivity contribution in [3.63, 3.8) is 0 Å². The van der Waals surface area contributed by atoms with Crippen LogP contribution in [0.3, 0.4) is 0 Å². The Hall–Kier alpha value is -1.92. The second-order valence-electron chi connectivity index (χ2n) is 5.96. The Labute approximate surface area is 137 Å². The summed E-state index contributed by atoms with van der Waals surface area (Å²) in [6, 6.07) is 10.2. The molecule has 0 saturated carbocycles. The molecule has 0 amide bonds. The molecule has 1 aliphatic rings. The highest BCUT2D eigenvalue weighted by atomic mass is 32.2. The van der Waals surface area contributed by atoms with Gasteiger partial charge in [0.25, 0.3) is 0 Å². The number of hydrogen-bond acceptors (Lipinski definition) is 3. The monoisotopic (exact) mass is 331 g/mol. The number of benzene rings is 1. The third-order valence-electron chi connectivity index (χ3n) is 4.06. The molecular weight excluding hydrogens is 310 g/mol. The van der Waals surface area contributed by atoms with Crippen molar-refractivity contribution < 1.29 is 8.42 Å². The van der Waals surface area contributed by atoms with Crippen LogP contribution in [-0.2, 0) is 10.0 Å². The van der Waals surface area contributed by atoms with Gasteiger partial charge in [-0.3, -0.25) is 4.68 Å². The van der Waals surface area contributed by atoms with Gasteiger partial charge in [-0.25, -0.2) is 8.42 Å². The molecule has 23 heavy (non-hydrogen) atoms. The Morgan fingerprint density at radius 1 is 1.17 bits per heavy atom. The second-order valence-corrected chi connectivity index (χ2v) is 7.90. The van der Waals surface area contributed by atoms with Crippen LogP contribution in [0, 0.1) is 0 Å². The van der Waals surface area contributed by atoms with E-state index >= 15 is 0 Å². The third-order valence-corrected chi connectivity index (χ3v) is 5.88. The highest BCUT2D eigenvalue weighted by molar-refractivity contribution is 7.89. The first kappa shape index (κ1) is 16.0. The highest BCUT2D eigenvalue weighted by Crippen LogP contribution is 2.25. The quantitative estimate of drug-likeness (QED) is 0.865. The van der Waals surface area contributed by atoms with E-state index in [-0.39, 0.29) is 10.9 Å². The molecule has 122 valence electrons. The third kappa shape index (κ3) is 3.23. The molecule has 1 aromatic heterocycles. The predicted molar refractivity (Wildman–Crippen MR) is 90.4 cm³/mol. The fourth-order valence-electron chi connectivity index (χ4n) is 2.67. The molecule has 2 heterocycles. The molecule has 1 aromatic carbocycles. The molecule has 0 fully saturated rings. The van der Waals surface area contributed by atoms with Gasteiger partial charge in [-0.1, -0.05) is 36.4 Å². The summed E-state index contributed by atoms with van der Waals surface area (Å²) >= 11 is 0. The maximum atomic E-state index is 12.7. The van der Waals surface area contributed by atoms with Crippen molar-refractivity contribution >= 4 is 15.6 Å². The maximum absolute atomic E-state index is 12.7. The average Bonchev–Trinajstić information content (AvgIpc) is 3.07. The van der Waals surface area contributed by atoms with Gasteiger partial charge in [-0.15, -0.1) is 0 Å². The average molecular weight is 331 g/mol. The summed E-state index contributed by atoms with van der Waals surface area (Å²) in [6.07, 6.45) is 5.77. The molecule has 6 heteroatoms. The second kappa shape index (κ2) is 6.29. The smallest absolute Gasteiger partial charge is 0.246 e. The molecule has 0 spiro atoms. The van der Waals surface area contributed by atoms with Crippen LogP contribution in [0.5, 0.6) is 0 Å². The van der Waals surface area contributed by atoms with E-state index in [1.54, 1.807) is 10.9 Å². The van der Waals surface area contributed by atoms with E-state index in [4.69, 9.17) is 0 Å². The fourth-order valence-corrected chi connectivity index (χ4v) is 3.99. The number of sulfonamides is 1. The van der Waals surface area contributed by atoms with Crippen LogP contribution in [-0.4, -0.2) is 35.6 Å². The lowest BCUT2D eigenvalue weighted by Gasteiger charge is -2.25. The summed E-state index contributed by atoms with van der Waals surface area (Å²) < 4.78 is 28.6. The standard InChI is InChI=1S/C17H21N3O2S/c1-14(2)20-13-17(12-18-20)23(21,22)19-10-8-16(9-11-19)15-6-4-3-5-7-15/h3-8,12-14H,9-11H2,1-2H3. The lowest BCUT2D eigenvalue weighted by Crippen LogP contribution is -2.34. The normalized spacial score (nSPS) is 16.6. The van der Waals surface area contributed by atoms with Crippen LogP contribution in [0.1, 0.15) is 31.9 Å². The molecule has 1 aliphatic heterocycles. The van der Waals surface area contributed by atoms with E-state index < -0.39 is 10.0 Å². The van der Waals surface area contributed by atoms with Gasteiger partial charge >= 0.3 is 0 Å². The molecular formula is C17H21N3O2S. The lowest BCUT2D eigenvalue weighted by molar-refractivity contribution is 0.441. The summed E-state index contributed by atoms with van der Waals surface area (Å²) in [5, 5.41) is 4.13. The molecule has 0 atom stereocenters. The van der Waals surface area contributed by atoms with Gasteiger partial charge in [0.2, 0.25) is 10.0 Å². The largest absolute Gasteiger partial charge is 0.269 e. The molecule has 0 saturated heterocycles. The van der Waals surface area contributed by atoms with E-state index in [1.807, 2.05) is 38.1 Å². The zero-order valence-corrected chi connectivity index (χ0v) is 14.2. The van der Waals surface area contributed by atoms with E-state index in [0.717, 1.165) is 12.0 Å². The minimum Gasteiger partial charge on any atom is -0.269 e. The van der Waals surface area contributed by atoms with E-state index in [9.17, 15) is 8.42 Å². The van der Waals surface area contributed by atoms with Gasteiger partial charge in [-0.2, -0.15) is 9.40 Å². The highest BCUT2D eigenvalue weighted by Gasteiger charge is 2.27. The Morgan fingerprint density at radius 2 is 1.91 bits per heavy atom. The Balaban J connectivity index is 1.79. The van der Waals surface area contributed by atoms with E-state index in [2.05, 4.69) is 17.2 Å². The van der Waals surface area contributed by atoms with Crippen LogP contribution in [0.4, 0.5) is 0 Å². The van der Waals surface area contributed by atoms with Gasteiger partial charge in [0.15, 0.2) is 0 Å². The van der Waals surface area contributed by atoms with Crippen molar-refractivity contribution in [2.75, 3.05) is 13.1 Å². The van der Waals surface area contributed by atoms with Gasteiger partial charge < -0.3 is 0 Å². The van der Waals surface area contributed by atoms with Crippen molar-refractivity contribution in [1.29, 1.82) is 0 Å². The van der Waals surface area contributed by atoms with Crippen molar-refractivity contribution in [3.05, 3.63) is 54.4 Å². The minimum atomic E-state index is -3.47. The lowest BCUT2D eigenvalue weighted by atomic mass is 10.0. The SMILES string of the molecule is CC(C)n1cc(S(=O)(=O)N2CC=C(c3ccccc3)CC2)cn1. The number of nitrogens with zero attached hydrogens (tertiary/aromatic N) is 3. The Morgan fingerprint density at radius 3 is 2.48 bits per heavy atom. The maximum Gasteiger partial charge on any atom is 0.246 e.